The Balaban J connectivity index is 2.64. The second kappa shape index (κ2) is 9.94. The van der Waals surface area contributed by atoms with Crippen LogP contribution in [0.15, 0.2) is 0 Å². The summed E-state index contributed by atoms with van der Waals surface area (Å²) < 4.78 is 5.27. The zero-order valence-corrected chi connectivity index (χ0v) is 15.6. The molecular weight excluding hydrogens is 290 g/mol. The molecule has 0 heterocycles. The first-order valence-corrected chi connectivity index (χ1v) is 9.37. The quantitative estimate of drug-likeness (QED) is 0.543. The van der Waals surface area contributed by atoms with Crippen molar-refractivity contribution in [2.45, 2.75) is 79.2 Å². The van der Waals surface area contributed by atoms with Crippen LogP contribution in [0.4, 0.5) is 0 Å². The lowest BCUT2D eigenvalue weighted by atomic mass is 9.69. The fraction of sp³-hybridized carbons (Fsp3) is 0.895. The van der Waals surface area contributed by atoms with E-state index in [0.29, 0.717) is 30.8 Å². The van der Waals surface area contributed by atoms with E-state index in [-0.39, 0.29) is 17.8 Å². The van der Waals surface area contributed by atoms with E-state index in [0.717, 1.165) is 25.7 Å². The molecule has 4 nitrogen and oxygen atoms in total. The van der Waals surface area contributed by atoms with E-state index in [9.17, 15) is 9.59 Å². The van der Waals surface area contributed by atoms with Crippen LogP contribution in [0.5, 0.6) is 0 Å². The summed E-state index contributed by atoms with van der Waals surface area (Å²) in [5.41, 5.74) is 0. The van der Waals surface area contributed by atoms with E-state index in [1.807, 2.05) is 6.92 Å². The van der Waals surface area contributed by atoms with Gasteiger partial charge in [0.2, 0.25) is 5.91 Å². The van der Waals surface area contributed by atoms with Crippen molar-refractivity contribution in [1.82, 2.24) is 5.32 Å². The molecule has 1 fully saturated rings. The molecule has 0 aromatic heterocycles. The molecule has 1 aliphatic carbocycles. The maximum Gasteiger partial charge on any atom is 0.328 e. The minimum atomic E-state index is -0.510. The minimum Gasteiger partial charge on any atom is -0.464 e. The van der Waals surface area contributed by atoms with Gasteiger partial charge in [-0.3, -0.25) is 4.79 Å². The number of ether oxygens (including phenoxy) is 1. The average Bonchev–Trinajstić information content (AvgIpc) is 2.51. The Hall–Kier alpha value is -1.06. The van der Waals surface area contributed by atoms with E-state index in [1.165, 1.54) is 6.42 Å². The highest BCUT2D eigenvalue weighted by atomic mass is 16.5. The number of nitrogens with one attached hydrogen (secondary N) is 1. The zero-order valence-electron chi connectivity index (χ0n) is 15.6. The second-order valence-electron chi connectivity index (χ2n) is 7.42. The van der Waals surface area contributed by atoms with E-state index in [2.05, 4.69) is 33.0 Å². The Kier molecular flexibility index (Phi) is 8.64. The van der Waals surface area contributed by atoms with Crippen LogP contribution < -0.4 is 5.32 Å². The first kappa shape index (κ1) is 20.0. The number of rotatable bonds is 8. The van der Waals surface area contributed by atoms with Crippen LogP contribution in [0.3, 0.4) is 0 Å². The Morgan fingerprint density at radius 3 is 2.48 bits per heavy atom. The van der Waals surface area contributed by atoms with Gasteiger partial charge >= 0.3 is 5.97 Å². The highest BCUT2D eigenvalue weighted by molar-refractivity contribution is 5.86. The van der Waals surface area contributed by atoms with Crippen molar-refractivity contribution in [3.05, 3.63) is 0 Å². The van der Waals surface area contributed by atoms with Crippen LogP contribution >= 0.6 is 0 Å². The van der Waals surface area contributed by atoms with Gasteiger partial charge in [0.05, 0.1) is 6.61 Å². The highest BCUT2D eigenvalue weighted by Crippen LogP contribution is 2.38. The number of unbranched alkanes of at least 4 members (excludes halogenated alkanes) is 1. The lowest BCUT2D eigenvalue weighted by molar-refractivity contribution is -0.149. The smallest absolute Gasteiger partial charge is 0.328 e. The molecule has 1 amide bonds. The predicted molar refractivity (Wildman–Crippen MR) is 92.9 cm³/mol. The van der Waals surface area contributed by atoms with Crippen LogP contribution in [-0.4, -0.2) is 24.5 Å². The molecule has 0 spiro atoms. The summed E-state index contributed by atoms with van der Waals surface area (Å²) in [7, 11) is 0. The van der Waals surface area contributed by atoms with Gasteiger partial charge in [-0.25, -0.2) is 4.79 Å². The molecule has 0 aromatic carbocycles. The molecule has 0 aliphatic heterocycles. The molecule has 23 heavy (non-hydrogen) atoms. The summed E-state index contributed by atoms with van der Waals surface area (Å²) in [6.07, 6.45) is 5.66. The molecule has 1 N–H and O–H groups in total. The van der Waals surface area contributed by atoms with E-state index >= 15 is 0 Å². The maximum absolute atomic E-state index is 12.7. The summed E-state index contributed by atoms with van der Waals surface area (Å²) in [6.45, 7) is 11.0. The van der Waals surface area contributed by atoms with Crippen LogP contribution in [0.1, 0.15) is 73.1 Å². The molecule has 1 unspecified atom stereocenters. The number of amides is 1. The minimum absolute atomic E-state index is 0.0243. The molecule has 4 heteroatoms. The van der Waals surface area contributed by atoms with Gasteiger partial charge in [0.1, 0.15) is 6.04 Å². The van der Waals surface area contributed by atoms with Crippen molar-refractivity contribution >= 4 is 11.9 Å². The maximum atomic E-state index is 12.7. The zero-order chi connectivity index (χ0) is 17.4. The van der Waals surface area contributed by atoms with E-state index in [4.69, 9.17) is 4.74 Å². The van der Waals surface area contributed by atoms with Crippen molar-refractivity contribution in [3.63, 3.8) is 0 Å². The molecule has 134 valence electrons. The summed E-state index contributed by atoms with van der Waals surface area (Å²) in [5, 5.41) is 2.96. The summed E-state index contributed by atoms with van der Waals surface area (Å²) in [6, 6.07) is -0.510. The predicted octanol–water partition coefficient (Wildman–Crippen LogP) is 3.93. The average molecular weight is 325 g/mol. The van der Waals surface area contributed by atoms with Gasteiger partial charge in [-0.05, 0) is 43.4 Å². The summed E-state index contributed by atoms with van der Waals surface area (Å²) in [5.74, 6) is 1.26. The number of carbonyl (C=O) groups excluding carboxylic acids is 2. The van der Waals surface area contributed by atoms with Crippen molar-refractivity contribution in [1.29, 1.82) is 0 Å². The summed E-state index contributed by atoms with van der Waals surface area (Å²) >= 11 is 0. The normalized spacial score (nSPS) is 25.9. The number of esters is 1. The largest absolute Gasteiger partial charge is 0.464 e. The van der Waals surface area contributed by atoms with E-state index in [1.54, 1.807) is 0 Å². The van der Waals surface area contributed by atoms with Gasteiger partial charge in [0.15, 0.2) is 0 Å². The lowest BCUT2D eigenvalue weighted by Crippen LogP contribution is -2.47. The second-order valence-corrected chi connectivity index (χ2v) is 7.42. The van der Waals surface area contributed by atoms with Gasteiger partial charge in [0.25, 0.3) is 0 Å². The van der Waals surface area contributed by atoms with Gasteiger partial charge in [-0.2, -0.15) is 0 Å². The summed E-state index contributed by atoms with van der Waals surface area (Å²) in [4.78, 5) is 24.9. The molecule has 0 bridgehead atoms. The molecule has 1 saturated carbocycles. The third-order valence-corrected chi connectivity index (χ3v) is 5.11. The van der Waals surface area contributed by atoms with Crippen molar-refractivity contribution in [2.24, 2.45) is 23.7 Å². The van der Waals surface area contributed by atoms with Gasteiger partial charge < -0.3 is 10.1 Å². The Morgan fingerprint density at radius 2 is 1.91 bits per heavy atom. The monoisotopic (exact) mass is 325 g/mol. The van der Waals surface area contributed by atoms with Gasteiger partial charge in [-0.1, -0.05) is 47.5 Å². The third kappa shape index (κ3) is 6.15. The van der Waals surface area contributed by atoms with Gasteiger partial charge in [-0.15, -0.1) is 0 Å². The Labute approximate surface area is 141 Å². The first-order valence-electron chi connectivity index (χ1n) is 9.37. The molecule has 1 rings (SSSR count). The Bertz CT molecular complexity index is 381. The van der Waals surface area contributed by atoms with Crippen LogP contribution in [0.2, 0.25) is 0 Å². The number of carbonyl (C=O) groups is 2. The van der Waals surface area contributed by atoms with Crippen molar-refractivity contribution in [3.8, 4) is 0 Å². The fourth-order valence-corrected chi connectivity index (χ4v) is 3.53. The molecule has 0 aromatic rings. The van der Waals surface area contributed by atoms with Crippen molar-refractivity contribution < 1.29 is 14.3 Å². The van der Waals surface area contributed by atoms with Gasteiger partial charge in [0, 0.05) is 5.92 Å². The van der Waals surface area contributed by atoms with E-state index < -0.39 is 6.04 Å². The van der Waals surface area contributed by atoms with Crippen LogP contribution in [0, 0.1) is 23.7 Å². The van der Waals surface area contributed by atoms with Crippen LogP contribution in [0.25, 0.3) is 0 Å². The highest BCUT2D eigenvalue weighted by Gasteiger charge is 2.36. The molecule has 1 aliphatic rings. The SMILES string of the molecule is CCCCOC(=O)C(CC)NC(=O)[C@@H]1C[C@H](C)CC[C@H]1C(C)C. The van der Waals surface area contributed by atoms with Crippen LogP contribution in [-0.2, 0) is 14.3 Å². The Morgan fingerprint density at radius 1 is 1.22 bits per heavy atom. The first-order chi connectivity index (χ1) is 10.9. The molecule has 4 atom stereocenters. The molecule has 0 radical (unpaired) electrons. The standard InChI is InChI=1S/C19H35NO3/c1-6-8-11-23-19(22)17(7-2)20-18(21)16-12-14(5)9-10-15(16)13(3)4/h13-17H,6-12H2,1-5H3,(H,20,21)/t14-,15+,16-,17?/m1/s1. The topological polar surface area (TPSA) is 55.4 Å². The lowest BCUT2D eigenvalue weighted by Gasteiger charge is -2.37. The van der Waals surface area contributed by atoms with Crippen molar-refractivity contribution in [2.75, 3.05) is 6.61 Å². The number of hydrogen-bond acceptors (Lipinski definition) is 3. The molecule has 0 saturated heterocycles. The third-order valence-electron chi connectivity index (χ3n) is 5.11. The molecular formula is C19H35NO3. The fourth-order valence-electron chi connectivity index (χ4n) is 3.53. The number of hydrogen-bond donors (Lipinski definition) is 1.